The fourth-order valence-corrected chi connectivity index (χ4v) is 1.76. The first kappa shape index (κ1) is 6.71. The number of hydrogen-bond acceptors (Lipinski definition) is 3. The number of rotatable bonds is 0. The van der Waals surface area contributed by atoms with Crippen molar-refractivity contribution in [1.29, 1.82) is 0 Å². The Morgan fingerprint density at radius 3 is 3.23 bits per heavy atom. The van der Waals surface area contributed by atoms with E-state index in [4.69, 9.17) is 0 Å². The lowest BCUT2D eigenvalue weighted by Gasteiger charge is -2.28. The van der Waals surface area contributed by atoms with E-state index in [0.717, 1.165) is 11.3 Å². The van der Waals surface area contributed by atoms with Crippen molar-refractivity contribution in [2.45, 2.75) is 5.54 Å². The van der Waals surface area contributed by atoms with Crippen LogP contribution in [-0.2, 0) is 0 Å². The van der Waals surface area contributed by atoms with Crippen LogP contribution in [-0.4, -0.2) is 24.3 Å². The highest BCUT2D eigenvalue weighted by atomic mass is 15.0. The lowest BCUT2D eigenvalue weighted by Crippen LogP contribution is -2.33. The average molecular weight is 169 g/mol. The largest absolute Gasteiger partial charge is 0.269 e. The van der Waals surface area contributed by atoms with Crippen molar-refractivity contribution in [3.8, 4) is 0 Å². The molecule has 1 atom stereocenters. The summed E-state index contributed by atoms with van der Waals surface area (Å²) in [5, 5.41) is 0. The Morgan fingerprint density at radius 2 is 2.23 bits per heavy atom. The normalized spacial score (nSPS) is 32.6. The predicted molar refractivity (Wildman–Crippen MR) is 53.5 cm³/mol. The van der Waals surface area contributed by atoms with Crippen LogP contribution in [0, 0.1) is 0 Å². The van der Waals surface area contributed by atoms with E-state index in [9.17, 15) is 0 Å². The molecule has 1 spiro atoms. The van der Waals surface area contributed by atoms with E-state index in [2.05, 4.69) is 15.0 Å². The third-order valence-electron chi connectivity index (χ3n) is 2.42. The summed E-state index contributed by atoms with van der Waals surface area (Å²) >= 11 is 0. The second kappa shape index (κ2) is 2.13. The minimum absolute atomic E-state index is 0.399. The average Bonchev–Trinajstić information content (AvgIpc) is 2.58. The molecule has 2 aliphatic heterocycles. The lowest BCUT2D eigenvalue weighted by molar-refractivity contribution is 0.792. The van der Waals surface area contributed by atoms with E-state index in [-0.39, 0.29) is 0 Å². The van der Waals surface area contributed by atoms with Crippen molar-refractivity contribution >= 4 is 18.8 Å². The van der Waals surface area contributed by atoms with Crippen LogP contribution in [0.15, 0.2) is 50.6 Å². The van der Waals surface area contributed by atoms with Gasteiger partial charge in [-0.25, -0.2) is 9.98 Å². The summed E-state index contributed by atoms with van der Waals surface area (Å²) in [4.78, 5) is 12.7. The minimum Gasteiger partial charge on any atom is -0.269 e. The Bertz CT molecular complexity index is 435. The molecule has 1 aliphatic carbocycles. The van der Waals surface area contributed by atoms with Gasteiger partial charge in [-0.3, -0.25) is 4.99 Å². The first-order valence-corrected chi connectivity index (χ1v) is 4.13. The summed E-state index contributed by atoms with van der Waals surface area (Å²) in [6.07, 6.45) is 13.2. The smallest absolute Gasteiger partial charge is 0.162 e. The van der Waals surface area contributed by atoms with Crippen molar-refractivity contribution in [1.82, 2.24) is 0 Å². The molecule has 0 fully saturated rings. The van der Waals surface area contributed by atoms with Crippen LogP contribution < -0.4 is 0 Å². The van der Waals surface area contributed by atoms with E-state index in [0.29, 0.717) is 0 Å². The van der Waals surface area contributed by atoms with Crippen LogP contribution in [0.5, 0.6) is 0 Å². The van der Waals surface area contributed by atoms with Gasteiger partial charge in [0.2, 0.25) is 0 Å². The third-order valence-corrected chi connectivity index (χ3v) is 2.42. The first-order valence-electron chi connectivity index (χ1n) is 4.13. The Labute approximate surface area is 75.6 Å². The van der Waals surface area contributed by atoms with Gasteiger partial charge in [0.25, 0.3) is 0 Å². The quantitative estimate of drug-likeness (QED) is 0.524. The van der Waals surface area contributed by atoms with E-state index >= 15 is 0 Å². The molecule has 3 rings (SSSR count). The van der Waals surface area contributed by atoms with E-state index < -0.39 is 5.54 Å². The van der Waals surface area contributed by atoms with Crippen molar-refractivity contribution in [2.24, 2.45) is 15.0 Å². The monoisotopic (exact) mass is 169 g/mol. The van der Waals surface area contributed by atoms with Crippen molar-refractivity contribution in [2.75, 3.05) is 0 Å². The number of hydrogen-bond donors (Lipinski definition) is 0. The number of aliphatic imine (C=N–C) groups is 3. The van der Waals surface area contributed by atoms with Crippen LogP contribution in [0.1, 0.15) is 0 Å². The highest BCUT2D eigenvalue weighted by molar-refractivity contribution is 5.97. The van der Waals surface area contributed by atoms with E-state index in [1.807, 2.05) is 36.7 Å². The topological polar surface area (TPSA) is 37.1 Å². The van der Waals surface area contributed by atoms with Gasteiger partial charge in [-0.05, 0) is 17.7 Å². The second-order valence-corrected chi connectivity index (χ2v) is 3.10. The maximum atomic E-state index is 4.41. The Balaban J connectivity index is 2.28. The van der Waals surface area contributed by atoms with Gasteiger partial charge in [0, 0.05) is 12.4 Å². The minimum atomic E-state index is -0.399. The van der Waals surface area contributed by atoms with Gasteiger partial charge in [0.05, 0.1) is 5.70 Å². The summed E-state index contributed by atoms with van der Waals surface area (Å²) in [6.45, 7) is 0. The summed E-state index contributed by atoms with van der Waals surface area (Å²) < 4.78 is 0. The third kappa shape index (κ3) is 0.710. The standard InChI is InChI=1S/C10H7N3/c1-2-8-4-5-13-10(8)6-11-7-12-9(10)3-1/h1-7H. The molecular formula is C10H7N3. The fourth-order valence-electron chi connectivity index (χ4n) is 1.76. The lowest BCUT2D eigenvalue weighted by atomic mass is 9.85. The van der Waals surface area contributed by atoms with Gasteiger partial charge in [-0.15, -0.1) is 0 Å². The molecule has 0 saturated heterocycles. The predicted octanol–water partition coefficient (Wildman–Crippen LogP) is 1.30. The molecule has 0 aromatic carbocycles. The van der Waals surface area contributed by atoms with Crippen LogP contribution in [0.2, 0.25) is 0 Å². The molecule has 3 nitrogen and oxygen atoms in total. The highest BCUT2D eigenvalue weighted by Gasteiger charge is 2.39. The van der Waals surface area contributed by atoms with E-state index in [1.165, 1.54) is 0 Å². The molecule has 0 aromatic rings. The molecule has 3 heteroatoms. The zero-order chi connectivity index (χ0) is 8.73. The van der Waals surface area contributed by atoms with Crippen molar-refractivity contribution in [3.05, 3.63) is 35.6 Å². The summed E-state index contributed by atoms with van der Waals surface area (Å²) in [5.74, 6) is 0. The Morgan fingerprint density at radius 1 is 1.23 bits per heavy atom. The van der Waals surface area contributed by atoms with Gasteiger partial charge in [0.1, 0.15) is 6.34 Å². The van der Waals surface area contributed by atoms with Gasteiger partial charge < -0.3 is 0 Å². The van der Waals surface area contributed by atoms with Gasteiger partial charge >= 0.3 is 0 Å². The maximum absolute atomic E-state index is 4.41. The molecular weight excluding hydrogens is 162 g/mol. The molecule has 0 radical (unpaired) electrons. The second-order valence-electron chi connectivity index (χ2n) is 3.10. The molecule has 3 aliphatic rings. The summed E-state index contributed by atoms with van der Waals surface area (Å²) in [7, 11) is 0. The molecule has 2 heterocycles. The Kier molecular flexibility index (Phi) is 1.10. The number of allylic oxidation sites excluding steroid dienone is 3. The molecule has 1 unspecified atom stereocenters. The molecule has 13 heavy (non-hydrogen) atoms. The molecule has 0 N–H and O–H groups in total. The molecule has 0 saturated carbocycles. The first-order chi connectivity index (χ1) is 6.42. The highest BCUT2D eigenvalue weighted by Crippen LogP contribution is 2.36. The molecule has 62 valence electrons. The zero-order valence-corrected chi connectivity index (χ0v) is 6.88. The SMILES string of the molecule is C1=CC2=CC=NC23C=NC=NC3=C1. The van der Waals surface area contributed by atoms with Crippen LogP contribution in [0.4, 0.5) is 0 Å². The van der Waals surface area contributed by atoms with E-state index in [1.54, 1.807) is 6.34 Å². The fraction of sp³-hybridized carbons (Fsp3) is 0.100. The van der Waals surface area contributed by atoms with Gasteiger partial charge in [0.15, 0.2) is 5.54 Å². The van der Waals surface area contributed by atoms with Crippen molar-refractivity contribution < 1.29 is 0 Å². The van der Waals surface area contributed by atoms with Crippen molar-refractivity contribution in [3.63, 3.8) is 0 Å². The molecule has 0 amide bonds. The van der Waals surface area contributed by atoms with Crippen LogP contribution in [0.25, 0.3) is 0 Å². The van der Waals surface area contributed by atoms with Crippen LogP contribution in [0.3, 0.4) is 0 Å². The summed E-state index contributed by atoms with van der Waals surface area (Å²) in [5.41, 5.74) is 1.69. The zero-order valence-electron chi connectivity index (χ0n) is 6.88. The molecule has 0 aromatic heterocycles. The Hall–Kier alpha value is -1.77. The van der Waals surface area contributed by atoms with Crippen LogP contribution >= 0.6 is 0 Å². The number of nitrogens with zero attached hydrogens (tertiary/aromatic N) is 3. The van der Waals surface area contributed by atoms with Gasteiger partial charge in [-0.2, -0.15) is 0 Å². The summed E-state index contributed by atoms with van der Waals surface area (Å²) in [6, 6.07) is 0. The van der Waals surface area contributed by atoms with Gasteiger partial charge in [-0.1, -0.05) is 12.2 Å². The molecule has 0 bridgehead atoms. The maximum Gasteiger partial charge on any atom is 0.162 e.